The second-order valence-corrected chi connectivity index (χ2v) is 9.44. The van der Waals surface area contributed by atoms with Gasteiger partial charge in [0.1, 0.15) is 0 Å². The molecule has 0 bridgehead atoms. The molecular weight excluding hydrogens is 392 g/mol. The highest BCUT2D eigenvalue weighted by Crippen LogP contribution is 2.21. The van der Waals surface area contributed by atoms with Gasteiger partial charge in [0.25, 0.3) is 10.1 Å². The number of hydrogen-bond acceptors (Lipinski definition) is 8. The van der Waals surface area contributed by atoms with Gasteiger partial charge >= 0.3 is 11.9 Å². The average Bonchev–Trinajstić information content (AvgIpc) is 2.63. The van der Waals surface area contributed by atoms with Crippen molar-refractivity contribution in [3.63, 3.8) is 0 Å². The summed E-state index contributed by atoms with van der Waals surface area (Å²) in [5.74, 6) is -1.87. The fraction of sp³-hybridized carbons (Fsp3) is 0.556. The second kappa shape index (κ2) is 8.99. The zero-order valence-electron chi connectivity index (χ0n) is 16.3. The van der Waals surface area contributed by atoms with Gasteiger partial charge in [-0.2, -0.15) is 8.42 Å². The average molecular weight is 418 g/mol. The molecule has 0 saturated carbocycles. The van der Waals surface area contributed by atoms with Crippen LogP contribution in [0.2, 0.25) is 0 Å². The van der Waals surface area contributed by atoms with E-state index in [1.54, 1.807) is 27.7 Å². The summed E-state index contributed by atoms with van der Waals surface area (Å²) in [6.07, 6.45) is 0. The van der Waals surface area contributed by atoms with Crippen molar-refractivity contribution in [2.24, 2.45) is 10.8 Å². The number of carbonyl (C=O) groups is 2. The van der Waals surface area contributed by atoms with E-state index < -0.39 is 37.8 Å². The number of ether oxygens (including phenoxy) is 2. The zero-order chi connectivity index (χ0) is 21.8. The van der Waals surface area contributed by atoms with Crippen molar-refractivity contribution in [1.29, 1.82) is 0 Å². The van der Waals surface area contributed by atoms with Crippen LogP contribution in [0.1, 0.15) is 48.4 Å². The lowest BCUT2D eigenvalue weighted by Crippen LogP contribution is -2.26. The van der Waals surface area contributed by atoms with Crippen molar-refractivity contribution >= 4 is 22.1 Å². The molecule has 0 fully saturated rings. The third-order valence-corrected chi connectivity index (χ3v) is 4.55. The molecule has 0 heterocycles. The fourth-order valence-corrected chi connectivity index (χ4v) is 2.32. The molecule has 3 N–H and O–H groups in total. The van der Waals surface area contributed by atoms with Crippen molar-refractivity contribution in [2.45, 2.75) is 32.6 Å². The quantitative estimate of drug-likeness (QED) is 0.398. The van der Waals surface area contributed by atoms with Gasteiger partial charge in [0.2, 0.25) is 0 Å². The maximum atomic E-state index is 12.3. The summed E-state index contributed by atoms with van der Waals surface area (Å²) in [6, 6.07) is 2.83. The Kier molecular flexibility index (Phi) is 7.72. The molecule has 0 aliphatic heterocycles. The van der Waals surface area contributed by atoms with E-state index in [1.165, 1.54) is 0 Å². The van der Waals surface area contributed by atoms with E-state index in [2.05, 4.69) is 0 Å². The van der Waals surface area contributed by atoms with Gasteiger partial charge < -0.3 is 19.7 Å². The van der Waals surface area contributed by atoms with E-state index in [9.17, 15) is 32.8 Å². The Morgan fingerprint density at radius 3 is 1.50 bits per heavy atom. The largest absolute Gasteiger partial charge is 0.461 e. The van der Waals surface area contributed by atoms with Gasteiger partial charge in [-0.25, -0.2) is 9.59 Å². The summed E-state index contributed by atoms with van der Waals surface area (Å²) < 4.78 is 42.4. The molecule has 0 atom stereocenters. The van der Waals surface area contributed by atoms with Crippen LogP contribution < -0.4 is 0 Å². The van der Waals surface area contributed by atoms with Gasteiger partial charge in [0.05, 0.1) is 42.4 Å². The highest BCUT2D eigenvalue weighted by Gasteiger charge is 2.24. The van der Waals surface area contributed by atoms with E-state index in [0.29, 0.717) is 0 Å². The molecule has 1 rings (SSSR count). The topological polar surface area (TPSA) is 147 Å². The molecular formula is C18H26O9S. The standard InChI is InChI=1S/C18H26O9S/c1-17(2,8-19)10-26-15(21)12-5-13(7-14(6-12)28(23,24)25)16(22)27-11-18(3,4)9-20/h5-7,19-20H,8-11H2,1-4H3,(H,23,24,25). The first kappa shape index (κ1) is 24.0. The smallest absolute Gasteiger partial charge is 0.338 e. The van der Waals surface area contributed by atoms with Gasteiger partial charge in [-0.05, 0) is 18.2 Å². The summed E-state index contributed by atoms with van der Waals surface area (Å²) in [5.41, 5.74) is -1.99. The van der Waals surface area contributed by atoms with Gasteiger partial charge in [0.15, 0.2) is 0 Å². The fourth-order valence-electron chi connectivity index (χ4n) is 1.76. The molecule has 10 heteroatoms. The normalized spacial score (nSPS) is 12.5. The van der Waals surface area contributed by atoms with Crippen molar-refractivity contribution in [3.8, 4) is 0 Å². The van der Waals surface area contributed by atoms with Gasteiger partial charge in [-0.1, -0.05) is 27.7 Å². The predicted molar refractivity (Wildman–Crippen MR) is 98.6 cm³/mol. The third kappa shape index (κ3) is 7.19. The minimum absolute atomic E-state index is 0.150. The molecule has 28 heavy (non-hydrogen) atoms. The van der Waals surface area contributed by atoms with Gasteiger partial charge in [-0.3, -0.25) is 4.55 Å². The van der Waals surface area contributed by atoms with Crippen LogP contribution in [0.4, 0.5) is 0 Å². The van der Waals surface area contributed by atoms with Gasteiger partial charge in [-0.15, -0.1) is 0 Å². The molecule has 158 valence electrons. The van der Waals surface area contributed by atoms with Crippen molar-refractivity contribution in [1.82, 2.24) is 0 Å². The van der Waals surface area contributed by atoms with E-state index >= 15 is 0 Å². The SMILES string of the molecule is CC(C)(CO)COC(=O)c1cc(C(=O)OCC(C)(C)CO)cc(S(=O)(=O)O)c1. The van der Waals surface area contributed by atoms with Gasteiger partial charge in [0, 0.05) is 10.8 Å². The first-order valence-electron chi connectivity index (χ1n) is 8.39. The second-order valence-electron chi connectivity index (χ2n) is 8.02. The number of rotatable bonds is 9. The zero-order valence-corrected chi connectivity index (χ0v) is 17.1. The van der Waals surface area contributed by atoms with Crippen LogP contribution in [0.3, 0.4) is 0 Å². The summed E-state index contributed by atoms with van der Waals surface area (Å²) in [7, 11) is -4.71. The number of esters is 2. The maximum Gasteiger partial charge on any atom is 0.338 e. The number of aliphatic hydroxyl groups excluding tert-OH is 2. The molecule has 0 spiro atoms. The Hall–Kier alpha value is -2.01. The van der Waals surface area contributed by atoms with Crippen LogP contribution >= 0.6 is 0 Å². The van der Waals surface area contributed by atoms with Crippen LogP contribution in [0.25, 0.3) is 0 Å². The van der Waals surface area contributed by atoms with Crippen molar-refractivity contribution in [2.75, 3.05) is 26.4 Å². The summed E-state index contributed by atoms with van der Waals surface area (Å²) in [4.78, 5) is 23.8. The van der Waals surface area contributed by atoms with Crippen LogP contribution in [-0.4, -0.2) is 61.5 Å². The van der Waals surface area contributed by atoms with Crippen LogP contribution in [-0.2, 0) is 19.6 Å². The van der Waals surface area contributed by atoms with E-state index in [-0.39, 0.29) is 37.6 Å². The van der Waals surface area contributed by atoms with E-state index in [4.69, 9.17) is 9.47 Å². The Morgan fingerprint density at radius 1 is 0.857 bits per heavy atom. The Bertz CT molecular complexity index is 775. The minimum atomic E-state index is -4.71. The first-order valence-corrected chi connectivity index (χ1v) is 9.83. The number of aliphatic hydroxyl groups is 2. The number of benzene rings is 1. The predicted octanol–water partition coefficient (Wildman–Crippen LogP) is 1.28. The lowest BCUT2D eigenvalue weighted by molar-refractivity contribution is 0.0216. The molecule has 0 saturated heterocycles. The molecule has 1 aromatic carbocycles. The Labute approximate surface area is 164 Å². The molecule has 0 unspecified atom stereocenters. The molecule has 0 radical (unpaired) electrons. The molecule has 1 aromatic rings. The third-order valence-electron chi connectivity index (χ3n) is 3.72. The Balaban J connectivity index is 3.16. The summed E-state index contributed by atoms with van der Waals surface area (Å²) in [5, 5.41) is 18.4. The molecule has 0 aromatic heterocycles. The number of carbonyl (C=O) groups excluding carboxylic acids is 2. The minimum Gasteiger partial charge on any atom is -0.461 e. The molecule has 9 nitrogen and oxygen atoms in total. The lowest BCUT2D eigenvalue weighted by atomic mass is 9.96. The van der Waals surface area contributed by atoms with Crippen LogP contribution in [0, 0.1) is 10.8 Å². The summed E-state index contributed by atoms with van der Waals surface area (Å²) >= 11 is 0. The summed E-state index contributed by atoms with van der Waals surface area (Å²) in [6.45, 7) is 5.82. The molecule has 0 aliphatic rings. The monoisotopic (exact) mass is 418 g/mol. The first-order chi connectivity index (χ1) is 12.7. The van der Waals surface area contributed by atoms with Crippen LogP contribution in [0.15, 0.2) is 23.1 Å². The lowest BCUT2D eigenvalue weighted by Gasteiger charge is -2.21. The van der Waals surface area contributed by atoms with E-state index in [0.717, 1.165) is 18.2 Å². The van der Waals surface area contributed by atoms with Crippen LogP contribution in [0.5, 0.6) is 0 Å². The molecule has 0 amide bonds. The maximum absolute atomic E-state index is 12.3. The highest BCUT2D eigenvalue weighted by molar-refractivity contribution is 7.85. The van der Waals surface area contributed by atoms with E-state index in [1.807, 2.05) is 0 Å². The Morgan fingerprint density at radius 2 is 1.21 bits per heavy atom. The molecule has 0 aliphatic carbocycles. The highest BCUT2D eigenvalue weighted by atomic mass is 32.2. The number of hydrogen-bond donors (Lipinski definition) is 3. The van der Waals surface area contributed by atoms with Crippen molar-refractivity contribution in [3.05, 3.63) is 29.3 Å². The van der Waals surface area contributed by atoms with Crippen molar-refractivity contribution < 1.29 is 42.2 Å².